The Bertz CT molecular complexity index is 4400. The van der Waals surface area contributed by atoms with Crippen LogP contribution in [0.3, 0.4) is 0 Å². The van der Waals surface area contributed by atoms with Crippen LogP contribution in [0.4, 0.5) is 11.6 Å². The molecule has 4 saturated heterocycles. The van der Waals surface area contributed by atoms with Crippen molar-refractivity contribution in [2.45, 2.75) is 99.5 Å². The quantitative estimate of drug-likeness (QED) is 0.122. The van der Waals surface area contributed by atoms with Gasteiger partial charge in [0.05, 0.1) is 93.2 Å². The van der Waals surface area contributed by atoms with Crippen LogP contribution in [0.25, 0.3) is 55.8 Å². The smallest absolute Gasteiger partial charge is 0.356 e. The summed E-state index contributed by atoms with van der Waals surface area (Å²) in [4.78, 5) is 55.6. The lowest BCUT2D eigenvalue weighted by atomic mass is 9.59. The SMILES string of the molecule is Cn1cc(-c2cc(-c3cnc(N4C5CC6CC4CC(N)(C6)C5)cn3)c3c(C#N)cnn3c2)cn1.Cn1cc(-c2cc(-c3cnc(N4C5CC6CC4CC(NC(=O)c4ncccc4Cl)(C6)C5)cn3)c3c(C#N)cnn3c2)cn1.O=C(O)c1ncccc1Cl. The largest absolute Gasteiger partial charge is 0.476 e. The first-order chi connectivity index (χ1) is 42.1. The van der Waals surface area contributed by atoms with E-state index in [4.69, 9.17) is 54.0 Å². The van der Waals surface area contributed by atoms with Gasteiger partial charge in [-0.05, 0) is 112 Å². The van der Waals surface area contributed by atoms with E-state index in [-0.39, 0.29) is 45.5 Å². The van der Waals surface area contributed by atoms with E-state index in [0.717, 1.165) is 107 Å². The van der Waals surface area contributed by atoms with Crippen molar-refractivity contribution in [3.05, 3.63) is 156 Å². The normalized spacial score (nSPS) is 23.6. The van der Waals surface area contributed by atoms with E-state index < -0.39 is 5.97 Å². The summed E-state index contributed by atoms with van der Waals surface area (Å²) < 4.78 is 6.98. The lowest BCUT2D eigenvalue weighted by Gasteiger charge is -2.61. The van der Waals surface area contributed by atoms with Gasteiger partial charge in [0.2, 0.25) is 0 Å². The Morgan fingerprint density at radius 2 is 1.06 bits per heavy atom. The summed E-state index contributed by atoms with van der Waals surface area (Å²) in [5.74, 6) is 1.75. The molecule has 0 radical (unpaired) electrons. The highest BCUT2D eigenvalue weighted by molar-refractivity contribution is 6.33. The molecule has 4 aliphatic heterocycles. The number of pyridine rings is 4. The van der Waals surface area contributed by atoms with Gasteiger partial charge >= 0.3 is 5.97 Å². The Kier molecular flexibility index (Phi) is 13.8. The molecule has 1 amide bonds. The molecule has 8 fully saturated rings. The van der Waals surface area contributed by atoms with Crippen LogP contribution in [0.1, 0.15) is 96.3 Å². The molecule has 18 rings (SSSR count). The monoisotopic (exact) mass is 1200 g/mol. The average Bonchev–Trinajstić information content (AvgIpc) is 1.57. The zero-order chi connectivity index (χ0) is 59.9. The number of aromatic carboxylic acids is 1. The van der Waals surface area contributed by atoms with Crippen LogP contribution < -0.4 is 20.9 Å². The fraction of sp³-hybridized carbons (Fsp3) is 0.323. The number of nitrogens with two attached hydrogens (primary N) is 1. The molecule has 10 aromatic heterocycles. The maximum absolute atomic E-state index is 13.2. The minimum Gasteiger partial charge on any atom is -0.476 e. The first kappa shape index (κ1) is 55.2. The molecule has 4 unspecified atom stereocenters. The standard InChI is InChI=1S/C31H27ClN10O.C25H25N9.C6H4ClNO2/c1-40-16-21(13-37-40)19-7-24(29-20(11-33)12-38-41(29)17-19)26-14-36-27(15-35-26)42-22-5-18-6-23(42)10-31(8-18,9-22)39-30(43)28-25(32)3-2-4-34-28;1-32-13-18(10-30-32)16-4-21(24-17(8-26)9-31-33(24)14-16)22-11-29-23(12-28-22)34-19-2-15-3-20(34)7-25(27,5-15)6-19;7-4-2-1-3-8-5(4)6(9)10/h2-4,7,12-18,22-23H,5-6,8-10H2,1H3,(H,39,43);4,9-15,19-20H,2-3,5-7,27H2,1H3;1-3H,(H,9,10). The van der Waals surface area contributed by atoms with Gasteiger partial charge in [0.25, 0.3) is 5.91 Å². The second-order valence-electron chi connectivity index (χ2n) is 23.9. The van der Waals surface area contributed by atoms with E-state index >= 15 is 0 Å². The summed E-state index contributed by atoms with van der Waals surface area (Å²) >= 11 is 11.8. The predicted octanol–water partition coefficient (Wildman–Crippen LogP) is 8.78. The molecule has 23 nitrogen and oxygen atoms in total. The third kappa shape index (κ3) is 10.2. The van der Waals surface area contributed by atoms with Gasteiger partial charge in [-0.3, -0.25) is 24.1 Å². The first-order valence-corrected chi connectivity index (χ1v) is 29.4. The van der Waals surface area contributed by atoms with Gasteiger partial charge in [0.1, 0.15) is 29.5 Å². The Hall–Kier alpha value is -9.68. The molecule has 10 aromatic rings. The van der Waals surface area contributed by atoms with Crippen molar-refractivity contribution >= 4 is 57.7 Å². The molecule has 8 aliphatic rings. The number of anilines is 2. The lowest BCUT2D eigenvalue weighted by molar-refractivity contribution is 0.0356. The number of carboxylic acid groups (broad SMARTS) is 1. The minimum atomic E-state index is -1.11. The lowest BCUT2D eigenvalue weighted by Crippen LogP contribution is -2.69. The molecule has 87 heavy (non-hydrogen) atoms. The second kappa shape index (κ2) is 21.7. The Balaban J connectivity index is 0.000000135. The molecule has 8 bridgehead atoms. The molecule has 0 aromatic carbocycles. The summed E-state index contributed by atoms with van der Waals surface area (Å²) in [6, 6.07) is 16.5. The van der Waals surface area contributed by atoms with Crippen LogP contribution in [0.2, 0.25) is 10.0 Å². The summed E-state index contributed by atoms with van der Waals surface area (Å²) in [7, 11) is 3.76. The van der Waals surface area contributed by atoms with Gasteiger partial charge in [0, 0.05) is 120 Å². The molecular formula is C62H56Cl2N20O3. The predicted molar refractivity (Wildman–Crippen MR) is 322 cm³/mol. The van der Waals surface area contributed by atoms with E-state index in [1.807, 2.05) is 75.8 Å². The van der Waals surface area contributed by atoms with Crippen LogP contribution in [0, 0.1) is 34.5 Å². The second-order valence-corrected chi connectivity index (χ2v) is 24.7. The maximum atomic E-state index is 13.2. The van der Waals surface area contributed by atoms with E-state index in [1.165, 1.54) is 31.5 Å². The van der Waals surface area contributed by atoms with Crippen molar-refractivity contribution in [1.29, 1.82) is 10.5 Å². The van der Waals surface area contributed by atoms with Crippen molar-refractivity contribution in [1.82, 2.24) is 74.0 Å². The van der Waals surface area contributed by atoms with Crippen molar-refractivity contribution < 1.29 is 14.7 Å². The van der Waals surface area contributed by atoms with Crippen LogP contribution >= 0.6 is 23.2 Å². The van der Waals surface area contributed by atoms with Crippen LogP contribution in [0.5, 0.6) is 0 Å². The summed E-state index contributed by atoms with van der Waals surface area (Å²) in [6.45, 7) is 0. The fourth-order valence-electron chi connectivity index (χ4n) is 15.0. The number of aryl methyl sites for hydroxylation is 2. The van der Waals surface area contributed by atoms with Crippen molar-refractivity contribution in [2.24, 2.45) is 31.7 Å². The highest BCUT2D eigenvalue weighted by Crippen LogP contribution is 2.53. The number of carbonyl (C=O) groups excluding carboxylic acids is 1. The number of nitriles is 2. The minimum absolute atomic E-state index is 0.00834. The van der Waals surface area contributed by atoms with E-state index in [0.29, 0.717) is 45.4 Å². The number of rotatable bonds is 9. The summed E-state index contributed by atoms with van der Waals surface area (Å²) in [5, 5.41) is 49.2. The third-order valence-electron chi connectivity index (χ3n) is 18.1. The third-order valence-corrected chi connectivity index (χ3v) is 18.7. The Labute approximate surface area is 508 Å². The molecule has 4 N–H and O–H groups in total. The highest BCUT2D eigenvalue weighted by Gasteiger charge is 2.56. The van der Waals surface area contributed by atoms with Gasteiger partial charge in [0.15, 0.2) is 5.69 Å². The van der Waals surface area contributed by atoms with Crippen molar-refractivity contribution in [3.8, 4) is 56.9 Å². The topological polar surface area (TPSA) is 294 Å². The maximum Gasteiger partial charge on any atom is 0.356 e. The number of halogens is 2. The van der Waals surface area contributed by atoms with Gasteiger partial charge in [-0.25, -0.2) is 33.8 Å². The number of hydrogen-bond donors (Lipinski definition) is 3. The van der Waals surface area contributed by atoms with E-state index in [1.54, 1.807) is 67.6 Å². The Morgan fingerprint density at radius 1 is 0.586 bits per heavy atom. The molecule has 14 heterocycles. The van der Waals surface area contributed by atoms with Crippen LogP contribution in [0.15, 0.2) is 123 Å². The number of hydrogen-bond acceptors (Lipinski definition) is 17. The van der Waals surface area contributed by atoms with Gasteiger partial charge in [-0.1, -0.05) is 23.2 Å². The molecule has 0 spiro atoms. The number of piperidine rings is 4. The van der Waals surface area contributed by atoms with Crippen LogP contribution in [-0.2, 0) is 14.1 Å². The summed E-state index contributed by atoms with van der Waals surface area (Å²) in [5.41, 5.74) is 15.8. The molecule has 4 saturated carbocycles. The number of carboxylic acids is 1. The zero-order valence-electron chi connectivity index (χ0n) is 47.2. The van der Waals surface area contributed by atoms with Crippen molar-refractivity contribution in [3.63, 3.8) is 0 Å². The Morgan fingerprint density at radius 3 is 1.46 bits per heavy atom. The molecule has 25 heteroatoms. The van der Waals surface area contributed by atoms with Gasteiger partial charge < -0.3 is 26.0 Å². The average molecular weight is 1200 g/mol. The number of nitrogens with one attached hydrogen (secondary N) is 1. The number of fused-ring (bicyclic) bond motifs is 2. The fourth-order valence-corrected chi connectivity index (χ4v) is 15.5. The van der Waals surface area contributed by atoms with Gasteiger partial charge in [-0.15, -0.1) is 0 Å². The number of aromatic nitrogens is 14. The van der Waals surface area contributed by atoms with Crippen LogP contribution in [-0.4, -0.2) is 121 Å². The van der Waals surface area contributed by atoms with E-state index in [9.17, 15) is 20.1 Å². The number of amides is 1. The van der Waals surface area contributed by atoms with Gasteiger partial charge in [-0.2, -0.15) is 30.9 Å². The molecule has 4 aliphatic carbocycles. The van der Waals surface area contributed by atoms with Crippen molar-refractivity contribution in [2.75, 3.05) is 9.80 Å². The first-order valence-electron chi connectivity index (χ1n) is 28.7. The highest BCUT2D eigenvalue weighted by atomic mass is 35.5. The molecule has 4 atom stereocenters. The summed E-state index contributed by atoms with van der Waals surface area (Å²) in [6.07, 6.45) is 35.3. The molecular weight excluding hydrogens is 1140 g/mol. The number of carbonyl (C=O) groups is 2. The van der Waals surface area contributed by atoms with E-state index in [2.05, 4.69) is 57.6 Å². The zero-order valence-corrected chi connectivity index (χ0v) is 48.7. The molecule has 436 valence electrons. The number of nitrogens with zero attached hydrogens (tertiary/aromatic N) is 18.